The Morgan fingerprint density at radius 1 is 1.35 bits per heavy atom. The Hall–Kier alpha value is -1.65. The van der Waals surface area contributed by atoms with Gasteiger partial charge in [0.05, 0.1) is 0 Å². The molecule has 0 saturated carbocycles. The molecule has 0 bridgehead atoms. The second-order valence-electron chi connectivity index (χ2n) is 4.60. The minimum Gasteiger partial charge on any atom is -0.477 e. The fraction of sp³-hybridized carbons (Fsp3) is 0.583. The van der Waals surface area contributed by atoms with E-state index in [-0.39, 0.29) is 5.69 Å². The van der Waals surface area contributed by atoms with Crippen molar-refractivity contribution in [1.82, 2.24) is 9.97 Å². The predicted molar refractivity (Wildman–Crippen MR) is 64.2 cm³/mol. The third kappa shape index (κ3) is 2.38. The van der Waals surface area contributed by atoms with E-state index in [0.29, 0.717) is 12.1 Å². The van der Waals surface area contributed by atoms with E-state index in [1.165, 1.54) is 12.7 Å². The van der Waals surface area contributed by atoms with Crippen LogP contribution in [0.1, 0.15) is 43.6 Å². The van der Waals surface area contributed by atoms with Crippen LogP contribution in [0.5, 0.6) is 0 Å². The van der Waals surface area contributed by atoms with Crippen LogP contribution in [0, 0.1) is 0 Å². The van der Waals surface area contributed by atoms with Crippen molar-refractivity contribution in [3.63, 3.8) is 0 Å². The van der Waals surface area contributed by atoms with E-state index in [9.17, 15) is 4.79 Å². The molecule has 0 amide bonds. The van der Waals surface area contributed by atoms with Crippen molar-refractivity contribution >= 4 is 11.8 Å². The molecule has 0 radical (unpaired) electrons. The molecule has 2 unspecified atom stereocenters. The summed E-state index contributed by atoms with van der Waals surface area (Å²) in [5.41, 5.74) is 0.0555. The highest BCUT2D eigenvalue weighted by molar-refractivity contribution is 5.86. The van der Waals surface area contributed by atoms with Gasteiger partial charge in [-0.05, 0) is 33.1 Å². The van der Waals surface area contributed by atoms with Gasteiger partial charge in [-0.3, -0.25) is 0 Å². The van der Waals surface area contributed by atoms with Crippen LogP contribution in [0.3, 0.4) is 0 Å². The molecule has 2 heterocycles. The van der Waals surface area contributed by atoms with Crippen LogP contribution in [0.25, 0.3) is 0 Å². The zero-order valence-corrected chi connectivity index (χ0v) is 10.1. The number of piperidine rings is 1. The zero-order valence-electron chi connectivity index (χ0n) is 10.1. The van der Waals surface area contributed by atoms with Crippen molar-refractivity contribution in [2.24, 2.45) is 0 Å². The van der Waals surface area contributed by atoms with E-state index in [1.807, 2.05) is 0 Å². The fourth-order valence-corrected chi connectivity index (χ4v) is 2.48. The molecule has 5 heteroatoms. The molecule has 1 fully saturated rings. The zero-order chi connectivity index (χ0) is 12.4. The Bertz CT molecular complexity index is 412. The highest BCUT2D eigenvalue weighted by Gasteiger charge is 2.26. The molecule has 1 aromatic rings. The predicted octanol–water partition coefficient (Wildman–Crippen LogP) is 1.94. The number of hydrogen-bond donors (Lipinski definition) is 1. The second kappa shape index (κ2) is 4.69. The average molecular weight is 235 g/mol. The van der Waals surface area contributed by atoms with E-state index in [1.54, 1.807) is 6.07 Å². The van der Waals surface area contributed by atoms with E-state index in [0.717, 1.165) is 18.7 Å². The number of carbonyl (C=O) groups is 1. The Labute approximate surface area is 100 Å². The quantitative estimate of drug-likeness (QED) is 0.848. The number of rotatable bonds is 2. The van der Waals surface area contributed by atoms with Crippen molar-refractivity contribution in [2.75, 3.05) is 4.90 Å². The standard InChI is InChI=1S/C12H17N3O2/c1-8-4-3-5-9(2)15(8)11-6-10(12(16)17)13-7-14-11/h6-9H,3-5H2,1-2H3,(H,16,17). The average Bonchev–Trinajstić information content (AvgIpc) is 2.29. The number of anilines is 1. The summed E-state index contributed by atoms with van der Waals surface area (Å²) in [5, 5.41) is 8.93. The van der Waals surface area contributed by atoms with Crippen molar-refractivity contribution in [3.8, 4) is 0 Å². The summed E-state index contributed by atoms with van der Waals surface area (Å²) in [7, 11) is 0. The highest BCUT2D eigenvalue weighted by atomic mass is 16.4. The Balaban J connectivity index is 2.31. The lowest BCUT2D eigenvalue weighted by molar-refractivity contribution is 0.0690. The number of carboxylic acid groups (broad SMARTS) is 1. The van der Waals surface area contributed by atoms with Crippen LogP contribution in [0.2, 0.25) is 0 Å². The normalized spacial score (nSPS) is 24.7. The van der Waals surface area contributed by atoms with Crippen molar-refractivity contribution in [2.45, 2.75) is 45.2 Å². The monoisotopic (exact) mass is 235 g/mol. The fourth-order valence-electron chi connectivity index (χ4n) is 2.48. The second-order valence-corrected chi connectivity index (χ2v) is 4.60. The SMILES string of the molecule is CC1CCCC(C)N1c1cc(C(=O)O)ncn1. The lowest BCUT2D eigenvalue weighted by Gasteiger charge is -2.39. The Morgan fingerprint density at radius 3 is 2.59 bits per heavy atom. The van der Waals surface area contributed by atoms with Crippen LogP contribution in [0.4, 0.5) is 5.82 Å². The minimum atomic E-state index is -1.01. The van der Waals surface area contributed by atoms with E-state index in [4.69, 9.17) is 5.11 Å². The molecule has 1 saturated heterocycles. The molecule has 1 N–H and O–H groups in total. The number of nitrogens with zero attached hydrogens (tertiary/aromatic N) is 3. The number of hydrogen-bond acceptors (Lipinski definition) is 4. The molecule has 2 rings (SSSR count). The third-order valence-electron chi connectivity index (χ3n) is 3.33. The lowest BCUT2D eigenvalue weighted by Crippen LogP contribution is -2.44. The molecule has 5 nitrogen and oxygen atoms in total. The molecule has 1 aliphatic heterocycles. The first-order valence-electron chi connectivity index (χ1n) is 5.93. The smallest absolute Gasteiger partial charge is 0.354 e. The summed E-state index contributed by atoms with van der Waals surface area (Å²) in [4.78, 5) is 21.0. The molecule has 0 aliphatic carbocycles. The molecule has 1 aromatic heterocycles. The van der Waals surface area contributed by atoms with E-state index in [2.05, 4.69) is 28.7 Å². The summed E-state index contributed by atoms with van der Waals surface area (Å²) >= 11 is 0. The van der Waals surface area contributed by atoms with Crippen LogP contribution in [0.15, 0.2) is 12.4 Å². The van der Waals surface area contributed by atoms with Gasteiger partial charge in [0.15, 0.2) is 5.69 Å². The van der Waals surface area contributed by atoms with E-state index < -0.39 is 5.97 Å². The van der Waals surface area contributed by atoms with Gasteiger partial charge < -0.3 is 10.0 Å². The first-order chi connectivity index (χ1) is 8.09. The summed E-state index contributed by atoms with van der Waals surface area (Å²) in [6.07, 6.45) is 4.79. The molecule has 1 aliphatic rings. The van der Waals surface area contributed by atoms with Crippen LogP contribution < -0.4 is 4.90 Å². The van der Waals surface area contributed by atoms with Gasteiger partial charge >= 0.3 is 5.97 Å². The van der Waals surface area contributed by atoms with Gasteiger partial charge in [0.2, 0.25) is 0 Å². The van der Waals surface area contributed by atoms with Gasteiger partial charge in [-0.2, -0.15) is 0 Å². The van der Waals surface area contributed by atoms with Gasteiger partial charge in [0.1, 0.15) is 12.1 Å². The van der Waals surface area contributed by atoms with Crippen molar-refractivity contribution < 1.29 is 9.90 Å². The molecule has 2 atom stereocenters. The van der Waals surface area contributed by atoms with Crippen LogP contribution in [-0.2, 0) is 0 Å². The number of aromatic carboxylic acids is 1. The Kier molecular flexibility index (Phi) is 3.26. The third-order valence-corrected chi connectivity index (χ3v) is 3.33. The van der Waals surface area contributed by atoms with Gasteiger partial charge in [-0.25, -0.2) is 14.8 Å². The van der Waals surface area contributed by atoms with E-state index >= 15 is 0 Å². The largest absolute Gasteiger partial charge is 0.477 e. The number of aromatic nitrogens is 2. The molecular weight excluding hydrogens is 218 g/mol. The van der Waals surface area contributed by atoms with Crippen LogP contribution in [-0.4, -0.2) is 33.1 Å². The first-order valence-corrected chi connectivity index (χ1v) is 5.93. The van der Waals surface area contributed by atoms with Gasteiger partial charge in [0.25, 0.3) is 0 Å². The van der Waals surface area contributed by atoms with Gasteiger partial charge in [-0.1, -0.05) is 0 Å². The van der Waals surface area contributed by atoms with Crippen molar-refractivity contribution in [1.29, 1.82) is 0 Å². The molecule has 0 aromatic carbocycles. The maximum absolute atomic E-state index is 10.9. The maximum atomic E-state index is 10.9. The summed E-state index contributed by atoms with van der Waals surface area (Å²) in [6, 6.07) is 2.35. The summed E-state index contributed by atoms with van der Waals surface area (Å²) in [6.45, 7) is 4.30. The number of carboxylic acids is 1. The van der Waals surface area contributed by atoms with Gasteiger partial charge in [-0.15, -0.1) is 0 Å². The highest BCUT2D eigenvalue weighted by Crippen LogP contribution is 2.27. The van der Waals surface area contributed by atoms with Gasteiger partial charge in [0, 0.05) is 18.2 Å². The maximum Gasteiger partial charge on any atom is 0.354 e. The first kappa shape index (κ1) is 11.8. The lowest BCUT2D eigenvalue weighted by atomic mass is 9.97. The van der Waals surface area contributed by atoms with Crippen molar-refractivity contribution in [3.05, 3.63) is 18.1 Å². The summed E-state index contributed by atoms with van der Waals surface area (Å²) < 4.78 is 0. The Morgan fingerprint density at radius 2 is 2.00 bits per heavy atom. The molecular formula is C12H17N3O2. The minimum absolute atomic E-state index is 0.0555. The molecule has 17 heavy (non-hydrogen) atoms. The van der Waals surface area contributed by atoms with Crippen LogP contribution >= 0.6 is 0 Å². The summed E-state index contributed by atoms with van der Waals surface area (Å²) in [5.74, 6) is -0.289. The molecule has 0 spiro atoms. The topological polar surface area (TPSA) is 66.3 Å². The molecule has 92 valence electrons.